The Morgan fingerprint density at radius 1 is 1.08 bits per heavy atom. The van der Waals surface area contributed by atoms with Crippen molar-refractivity contribution in [2.45, 2.75) is 0 Å². The van der Waals surface area contributed by atoms with Crippen molar-refractivity contribution in [1.29, 1.82) is 0 Å². The number of benzene rings is 2. The Bertz CT molecular complexity index is 1110. The van der Waals surface area contributed by atoms with Crippen LogP contribution in [0.15, 0.2) is 48.5 Å². The molecule has 0 amide bonds. The van der Waals surface area contributed by atoms with Crippen LogP contribution in [0.5, 0.6) is 5.75 Å². The molecule has 4 rings (SSSR count). The van der Waals surface area contributed by atoms with E-state index >= 15 is 0 Å². The van der Waals surface area contributed by atoms with Crippen LogP contribution in [0, 0.1) is 4.77 Å². The van der Waals surface area contributed by atoms with E-state index < -0.39 is 0 Å². The van der Waals surface area contributed by atoms with E-state index in [9.17, 15) is 0 Å². The highest BCUT2D eigenvalue weighted by atomic mass is 32.1. The fraction of sp³-hybridized carbons (Fsp3) is 0.0556. The number of hydrogen-bond donors (Lipinski definition) is 1. The standard InChI is InChI=1S/C18H14N4OS/c1-23-13-9-6-12(7-10-13)8-11-15-17-20-21-18(24)22(17)16-5-3-2-4-14(16)19-15/h2-11H,1H3,(H,21,24)/b11-8+. The lowest BCUT2D eigenvalue weighted by Crippen LogP contribution is -1.95. The maximum Gasteiger partial charge on any atom is 0.200 e. The number of methoxy groups -OCH3 is 1. The second-order valence-corrected chi connectivity index (χ2v) is 5.67. The van der Waals surface area contributed by atoms with E-state index in [0.717, 1.165) is 28.0 Å². The van der Waals surface area contributed by atoms with E-state index in [-0.39, 0.29) is 0 Å². The first-order valence-corrected chi connectivity index (χ1v) is 7.85. The minimum Gasteiger partial charge on any atom is -0.497 e. The summed E-state index contributed by atoms with van der Waals surface area (Å²) in [6, 6.07) is 15.7. The van der Waals surface area contributed by atoms with Gasteiger partial charge in [0.2, 0.25) is 0 Å². The molecular weight excluding hydrogens is 320 g/mol. The molecule has 2 aromatic carbocycles. The van der Waals surface area contributed by atoms with E-state index in [0.29, 0.717) is 10.4 Å². The van der Waals surface area contributed by atoms with Gasteiger partial charge in [-0.15, -0.1) is 0 Å². The summed E-state index contributed by atoms with van der Waals surface area (Å²) in [6.07, 6.45) is 3.94. The van der Waals surface area contributed by atoms with Crippen LogP contribution < -0.4 is 4.74 Å². The second-order valence-electron chi connectivity index (χ2n) is 5.28. The number of fused-ring (bicyclic) bond motifs is 3. The average molecular weight is 334 g/mol. The van der Waals surface area contributed by atoms with Crippen molar-refractivity contribution in [3.63, 3.8) is 0 Å². The summed E-state index contributed by atoms with van der Waals surface area (Å²) in [5.74, 6) is 0.831. The highest BCUT2D eigenvalue weighted by molar-refractivity contribution is 7.71. The first kappa shape index (κ1) is 14.6. The molecule has 24 heavy (non-hydrogen) atoms. The van der Waals surface area contributed by atoms with Gasteiger partial charge in [0.1, 0.15) is 11.4 Å². The summed E-state index contributed by atoms with van der Waals surface area (Å²) in [6.45, 7) is 0. The van der Waals surface area contributed by atoms with Crippen molar-refractivity contribution in [2.75, 3.05) is 7.11 Å². The van der Waals surface area contributed by atoms with Gasteiger partial charge < -0.3 is 4.74 Å². The summed E-state index contributed by atoms with van der Waals surface area (Å²) < 4.78 is 7.64. The molecule has 1 N–H and O–H groups in total. The van der Waals surface area contributed by atoms with Crippen LogP contribution in [0.4, 0.5) is 0 Å². The molecule has 0 aliphatic heterocycles. The maximum atomic E-state index is 5.36. The molecule has 2 aromatic heterocycles. The van der Waals surface area contributed by atoms with Crippen molar-refractivity contribution < 1.29 is 4.74 Å². The Balaban J connectivity index is 1.85. The minimum atomic E-state index is 0.558. The Morgan fingerprint density at radius 3 is 2.67 bits per heavy atom. The Morgan fingerprint density at radius 2 is 1.88 bits per heavy atom. The van der Waals surface area contributed by atoms with Crippen molar-refractivity contribution in [2.24, 2.45) is 0 Å². The lowest BCUT2D eigenvalue weighted by molar-refractivity contribution is 0.415. The molecule has 0 saturated carbocycles. The van der Waals surface area contributed by atoms with E-state index in [1.54, 1.807) is 7.11 Å². The molecule has 5 nitrogen and oxygen atoms in total. The molecule has 118 valence electrons. The normalized spacial score (nSPS) is 11.5. The van der Waals surface area contributed by atoms with Gasteiger partial charge in [0.05, 0.1) is 18.1 Å². The van der Waals surface area contributed by atoms with Crippen LogP contribution in [0.2, 0.25) is 0 Å². The minimum absolute atomic E-state index is 0.558. The van der Waals surface area contributed by atoms with E-state index in [1.165, 1.54) is 0 Å². The maximum absolute atomic E-state index is 5.36. The summed E-state index contributed by atoms with van der Waals surface area (Å²) in [5.41, 5.74) is 4.34. The van der Waals surface area contributed by atoms with Gasteiger partial charge in [-0.1, -0.05) is 30.3 Å². The monoisotopic (exact) mass is 334 g/mol. The van der Waals surface area contributed by atoms with E-state index in [4.69, 9.17) is 21.9 Å². The van der Waals surface area contributed by atoms with Gasteiger partial charge in [0, 0.05) is 0 Å². The van der Waals surface area contributed by atoms with E-state index in [1.807, 2.05) is 65.1 Å². The highest BCUT2D eigenvalue weighted by Gasteiger charge is 2.08. The topological polar surface area (TPSA) is 55.2 Å². The predicted octanol–water partition coefficient (Wildman–Crippen LogP) is 4.12. The number of nitrogens with one attached hydrogen (secondary N) is 1. The zero-order valence-electron chi connectivity index (χ0n) is 12.9. The van der Waals surface area contributed by atoms with Crippen molar-refractivity contribution >= 4 is 41.1 Å². The van der Waals surface area contributed by atoms with Crippen molar-refractivity contribution in [3.05, 3.63) is 64.6 Å². The molecule has 4 aromatic rings. The molecule has 0 aliphatic rings. The molecule has 6 heteroatoms. The number of rotatable bonds is 3. The molecule has 0 saturated heterocycles. The number of ether oxygens (including phenoxy) is 1. The molecule has 0 spiro atoms. The van der Waals surface area contributed by atoms with Crippen LogP contribution >= 0.6 is 12.2 Å². The molecule has 0 atom stereocenters. The van der Waals surface area contributed by atoms with Gasteiger partial charge in [0.15, 0.2) is 10.4 Å². The molecule has 0 aliphatic carbocycles. The molecule has 0 bridgehead atoms. The first-order valence-electron chi connectivity index (χ1n) is 7.44. The third-order valence-corrected chi connectivity index (χ3v) is 4.09. The van der Waals surface area contributed by atoms with Gasteiger partial charge in [-0.05, 0) is 48.1 Å². The smallest absolute Gasteiger partial charge is 0.200 e. The number of nitrogens with zero attached hydrogens (tertiary/aromatic N) is 3. The summed E-state index contributed by atoms with van der Waals surface area (Å²) in [7, 11) is 1.65. The van der Waals surface area contributed by atoms with Crippen LogP contribution in [-0.2, 0) is 0 Å². The quantitative estimate of drug-likeness (QED) is 0.573. The molecule has 2 heterocycles. The lowest BCUT2D eigenvalue weighted by atomic mass is 10.2. The molecular formula is C18H14N4OS. The van der Waals surface area contributed by atoms with Crippen LogP contribution in [0.1, 0.15) is 11.3 Å². The predicted molar refractivity (Wildman–Crippen MR) is 97.6 cm³/mol. The summed E-state index contributed by atoms with van der Waals surface area (Å²) in [5, 5.41) is 7.17. The van der Waals surface area contributed by atoms with Crippen LogP contribution in [0.25, 0.3) is 28.8 Å². The largest absolute Gasteiger partial charge is 0.497 e. The summed E-state index contributed by atoms with van der Waals surface area (Å²) in [4.78, 5) is 4.70. The van der Waals surface area contributed by atoms with Crippen LogP contribution in [-0.4, -0.2) is 26.7 Å². The zero-order chi connectivity index (χ0) is 16.5. The Labute approximate surface area is 143 Å². The Kier molecular flexibility index (Phi) is 3.59. The highest BCUT2D eigenvalue weighted by Crippen LogP contribution is 2.19. The van der Waals surface area contributed by atoms with Gasteiger partial charge >= 0.3 is 0 Å². The third-order valence-electron chi connectivity index (χ3n) is 3.81. The number of para-hydroxylation sites is 2. The zero-order valence-corrected chi connectivity index (χ0v) is 13.7. The van der Waals surface area contributed by atoms with Crippen molar-refractivity contribution in [1.82, 2.24) is 19.6 Å². The molecule has 0 fully saturated rings. The fourth-order valence-electron chi connectivity index (χ4n) is 2.62. The fourth-order valence-corrected chi connectivity index (χ4v) is 2.85. The average Bonchev–Trinajstić information content (AvgIpc) is 3.02. The van der Waals surface area contributed by atoms with Crippen molar-refractivity contribution in [3.8, 4) is 5.75 Å². The van der Waals surface area contributed by atoms with Gasteiger partial charge in [-0.2, -0.15) is 5.10 Å². The SMILES string of the molecule is COc1ccc(/C=C/c2nc3ccccc3n3c(=S)[nH]nc23)cc1. The van der Waals surface area contributed by atoms with E-state index in [2.05, 4.69) is 10.2 Å². The van der Waals surface area contributed by atoms with Gasteiger partial charge in [-0.25, -0.2) is 4.98 Å². The lowest BCUT2D eigenvalue weighted by Gasteiger charge is -2.03. The molecule has 0 radical (unpaired) electrons. The van der Waals surface area contributed by atoms with Gasteiger partial charge in [-0.3, -0.25) is 9.50 Å². The summed E-state index contributed by atoms with van der Waals surface area (Å²) >= 11 is 5.36. The third kappa shape index (κ3) is 2.47. The number of aromatic amines is 1. The molecule has 0 unspecified atom stereocenters. The van der Waals surface area contributed by atoms with Gasteiger partial charge in [0.25, 0.3) is 0 Å². The number of aromatic nitrogens is 4. The van der Waals surface area contributed by atoms with Crippen LogP contribution in [0.3, 0.4) is 0 Å². The Hall–Kier alpha value is -2.99. The first-order chi connectivity index (χ1) is 11.8. The second kappa shape index (κ2) is 5.90. The number of H-pyrrole nitrogens is 1. The number of hydrogen-bond acceptors (Lipinski definition) is 4.